The second-order valence-corrected chi connectivity index (χ2v) is 20.3. The van der Waals surface area contributed by atoms with Gasteiger partial charge in [-0.15, -0.1) is 0 Å². The van der Waals surface area contributed by atoms with E-state index in [0.717, 1.165) is 0 Å². The number of carbonyl (C=O) groups is 9. The molecular formula is C66H42N12O9. The first-order valence-electron chi connectivity index (χ1n) is 26.7. The van der Waals surface area contributed by atoms with Gasteiger partial charge in [0.2, 0.25) is 17.8 Å². The van der Waals surface area contributed by atoms with Gasteiger partial charge in [-0.25, -0.2) is 0 Å². The highest BCUT2D eigenvalue weighted by atomic mass is 16.2. The number of hydrogen-bond acceptors (Lipinski definition) is 18. The average molecular weight is 1150 g/mol. The Morgan fingerprint density at radius 3 is 0.678 bits per heavy atom. The van der Waals surface area contributed by atoms with Crippen molar-refractivity contribution in [1.82, 2.24) is 15.0 Å². The van der Waals surface area contributed by atoms with Crippen molar-refractivity contribution in [2.45, 2.75) is 0 Å². The van der Waals surface area contributed by atoms with Crippen molar-refractivity contribution in [2.75, 3.05) is 49.1 Å². The Morgan fingerprint density at radius 1 is 0.264 bits per heavy atom. The van der Waals surface area contributed by atoms with E-state index in [9.17, 15) is 43.2 Å². The maximum Gasteiger partial charge on any atom is 0.255 e. The number of anilines is 12. The third-order valence-corrected chi connectivity index (χ3v) is 14.9. The SMILES string of the molecule is Nc1ccc(C(=O)Nc2ccc(Nc3nc(Nc4ccc(NC(=O)c5ccc(N)cc5)c5c4C(=O)c4ccccc4C5=O)nc(Nc4ccc(NC(=O)c5ccc(N)cc5)c5c4C(=O)c4ccccc4C5=O)n3)c3c2C(=O)c2ccccc2C3=O)cc1. The molecule has 3 aliphatic carbocycles. The minimum Gasteiger partial charge on any atom is -0.399 e. The molecule has 0 saturated carbocycles. The van der Waals surface area contributed by atoms with Gasteiger partial charge in [0.15, 0.2) is 34.7 Å². The van der Waals surface area contributed by atoms with Crippen LogP contribution in [0.3, 0.4) is 0 Å². The fourth-order valence-electron chi connectivity index (χ4n) is 10.7. The lowest BCUT2D eigenvalue weighted by atomic mass is 9.82. The van der Waals surface area contributed by atoms with Gasteiger partial charge in [-0.3, -0.25) is 43.2 Å². The summed E-state index contributed by atoms with van der Waals surface area (Å²) in [6.07, 6.45) is 0. The number of rotatable bonds is 12. The number of nitrogens with zero attached hydrogens (tertiary/aromatic N) is 3. The van der Waals surface area contributed by atoms with Gasteiger partial charge in [0.05, 0.1) is 67.5 Å². The van der Waals surface area contributed by atoms with E-state index in [1.165, 1.54) is 146 Å². The molecule has 87 heavy (non-hydrogen) atoms. The van der Waals surface area contributed by atoms with Crippen LogP contribution in [0, 0.1) is 0 Å². The van der Waals surface area contributed by atoms with Crippen molar-refractivity contribution < 1.29 is 43.2 Å². The normalized spacial score (nSPS) is 12.6. The minimum atomic E-state index is -0.605. The molecule has 1 heterocycles. The zero-order chi connectivity index (χ0) is 60.4. The van der Waals surface area contributed by atoms with Crippen LogP contribution in [0.4, 0.5) is 69.0 Å². The number of fused-ring (bicyclic) bond motifs is 6. The van der Waals surface area contributed by atoms with E-state index in [4.69, 9.17) is 17.2 Å². The van der Waals surface area contributed by atoms with Crippen molar-refractivity contribution in [3.8, 4) is 0 Å². The Hall–Kier alpha value is -12.8. The highest BCUT2D eigenvalue weighted by Gasteiger charge is 2.38. The van der Waals surface area contributed by atoms with Crippen LogP contribution in [-0.2, 0) is 0 Å². The van der Waals surface area contributed by atoms with Crippen molar-refractivity contribution in [3.05, 3.63) is 265 Å². The molecule has 3 amide bonds. The molecule has 0 spiro atoms. The maximum atomic E-state index is 14.8. The summed E-state index contributed by atoms with van der Waals surface area (Å²) in [6.45, 7) is 0. The molecule has 0 saturated heterocycles. The van der Waals surface area contributed by atoms with Gasteiger partial charge in [0.25, 0.3) is 17.7 Å². The number of nitrogens with two attached hydrogens (primary N) is 3. The molecule has 21 nitrogen and oxygen atoms in total. The number of ketones is 6. The standard InChI is InChI=1S/C66H42N12O9/c67-34-19-13-31(14-20-34)61(85)70-43-25-28-46(52-49(43)55(79)37-7-1-4-10-40(37)58(52)82)73-64-76-65(74-47-29-26-44(71-62(86)32-15-21-35(68)22-16-32)50-53(47)59(83)41-11-5-2-8-38(41)56(50)80)78-66(77-64)75-48-30-27-45(72-63(87)33-17-23-36(69)24-18-33)51-54(48)60(84)42-12-6-3-9-39(42)57(51)81/h1-30H,67-69H2,(H,70,85)(H,71,86)(H,72,87)(H3,73,74,75,76,77,78). The molecule has 12 N–H and O–H groups in total. The summed E-state index contributed by atoms with van der Waals surface area (Å²) in [4.78, 5) is 143. The summed E-state index contributed by atoms with van der Waals surface area (Å²) in [5, 5.41) is 17.5. The van der Waals surface area contributed by atoms with Crippen LogP contribution in [0.25, 0.3) is 0 Å². The fourth-order valence-corrected chi connectivity index (χ4v) is 10.7. The molecule has 21 heteroatoms. The topological polar surface area (TPSA) is 343 Å². The van der Waals surface area contributed by atoms with E-state index in [1.807, 2.05) is 0 Å². The van der Waals surface area contributed by atoms with Gasteiger partial charge >= 0.3 is 0 Å². The number of amides is 3. The van der Waals surface area contributed by atoms with Gasteiger partial charge in [-0.05, 0) is 109 Å². The van der Waals surface area contributed by atoms with Crippen LogP contribution in [0.1, 0.15) is 127 Å². The molecule has 10 aromatic rings. The van der Waals surface area contributed by atoms with Crippen molar-refractivity contribution in [1.29, 1.82) is 0 Å². The van der Waals surface area contributed by atoms with Crippen LogP contribution in [0.15, 0.2) is 182 Å². The molecule has 0 atom stereocenters. The van der Waals surface area contributed by atoms with Crippen molar-refractivity contribution in [2.24, 2.45) is 0 Å². The molecule has 420 valence electrons. The maximum absolute atomic E-state index is 14.8. The summed E-state index contributed by atoms with van der Waals surface area (Å²) in [5.41, 5.74) is 19.0. The number of nitrogen functional groups attached to an aromatic ring is 3. The van der Waals surface area contributed by atoms with E-state index in [0.29, 0.717) is 17.1 Å². The molecule has 0 bridgehead atoms. The van der Waals surface area contributed by atoms with Crippen molar-refractivity contribution >= 4 is 121 Å². The lowest BCUT2D eigenvalue weighted by molar-refractivity contribution is 0.0979. The lowest BCUT2D eigenvalue weighted by Gasteiger charge is -2.24. The molecular weight excluding hydrogens is 1100 g/mol. The van der Waals surface area contributed by atoms with E-state index in [1.54, 1.807) is 36.4 Å². The minimum absolute atomic E-state index is 0.00270. The quantitative estimate of drug-likeness (QED) is 0.0514. The van der Waals surface area contributed by atoms with Crippen LogP contribution in [-0.4, -0.2) is 67.4 Å². The van der Waals surface area contributed by atoms with Crippen LogP contribution in [0.2, 0.25) is 0 Å². The first kappa shape index (κ1) is 53.5. The highest BCUT2D eigenvalue weighted by molar-refractivity contribution is 6.35. The molecule has 9 aromatic carbocycles. The average Bonchev–Trinajstić information content (AvgIpc) is 0.951. The second-order valence-electron chi connectivity index (χ2n) is 20.3. The number of benzene rings is 9. The zero-order valence-corrected chi connectivity index (χ0v) is 45.1. The predicted octanol–water partition coefficient (Wildman–Crippen LogP) is 9.93. The number of aromatic nitrogens is 3. The highest BCUT2D eigenvalue weighted by Crippen LogP contribution is 2.42. The Morgan fingerprint density at radius 2 is 0.460 bits per heavy atom. The van der Waals surface area contributed by atoms with Crippen LogP contribution < -0.4 is 49.1 Å². The third kappa shape index (κ3) is 9.55. The smallest absolute Gasteiger partial charge is 0.255 e. The largest absolute Gasteiger partial charge is 0.399 e. The Bertz CT molecular complexity index is 4250. The lowest BCUT2D eigenvalue weighted by Crippen LogP contribution is -2.26. The third-order valence-electron chi connectivity index (χ3n) is 14.9. The summed E-state index contributed by atoms with van der Waals surface area (Å²) in [6, 6.07) is 45.4. The summed E-state index contributed by atoms with van der Waals surface area (Å²) >= 11 is 0. The molecule has 0 radical (unpaired) electrons. The van der Waals surface area contributed by atoms with Gasteiger partial charge in [0.1, 0.15) is 0 Å². The van der Waals surface area contributed by atoms with Gasteiger partial charge in [-0.1, -0.05) is 72.8 Å². The van der Waals surface area contributed by atoms with Crippen LogP contribution >= 0.6 is 0 Å². The predicted molar refractivity (Wildman–Crippen MR) is 325 cm³/mol. The molecule has 0 fully saturated rings. The zero-order valence-electron chi connectivity index (χ0n) is 45.1. The molecule has 3 aliphatic rings. The monoisotopic (exact) mass is 1150 g/mol. The first-order valence-corrected chi connectivity index (χ1v) is 26.7. The number of nitrogens with one attached hydrogen (secondary N) is 6. The van der Waals surface area contributed by atoms with Crippen LogP contribution in [0.5, 0.6) is 0 Å². The van der Waals surface area contributed by atoms with E-state index < -0.39 is 52.4 Å². The molecule has 0 aliphatic heterocycles. The fraction of sp³-hybridized carbons (Fsp3) is 0. The van der Waals surface area contributed by atoms with E-state index in [2.05, 4.69) is 46.9 Å². The summed E-state index contributed by atoms with van der Waals surface area (Å²) in [5.74, 6) is -6.35. The van der Waals surface area contributed by atoms with Gasteiger partial charge in [-0.2, -0.15) is 15.0 Å². The number of hydrogen-bond donors (Lipinski definition) is 9. The Labute approximate surface area is 492 Å². The molecule has 1 aromatic heterocycles. The first-order chi connectivity index (χ1) is 42.1. The van der Waals surface area contributed by atoms with E-state index >= 15 is 0 Å². The second kappa shape index (κ2) is 21.2. The molecule has 13 rings (SSSR count). The Balaban J connectivity index is 0.954. The van der Waals surface area contributed by atoms with E-state index in [-0.39, 0.29) is 135 Å². The molecule has 0 unspecified atom stereocenters. The van der Waals surface area contributed by atoms with Crippen molar-refractivity contribution in [3.63, 3.8) is 0 Å². The summed E-state index contributed by atoms with van der Waals surface area (Å²) in [7, 11) is 0. The summed E-state index contributed by atoms with van der Waals surface area (Å²) < 4.78 is 0. The number of carbonyl (C=O) groups excluding carboxylic acids is 9. The van der Waals surface area contributed by atoms with Gasteiger partial charge < -0.3 is 49.1 Å². The van der Waals surface area contributed by atoms with Gasteiger partial charge in [0, 0.05) is 67.1 Å². The Kier molecular flexibility index (Phi) is 13.0.